The molecule has 21 heavy (non-hydrogen) atoms. The van der Waals surface area contributed by atoms with Gasteiger partial charge in [0.1, 0.15) is 0 Å². The summed E-state index contributed by atoms with van der Waals surface area (Å²) in [5.41, 5.74) is 1.23. The van der Waals surface area contributed by atoms with Gasteiger partial charge in [0.05, 0.1) is 0 Å². The van der Waals surface area contributed by atoms with Gasteiger partial charge >= 0.3 is 0 Å². The van der Waals surface area contributed by atoms with Gasteiger partial charge in [-0.2, -0.15) is 0 Å². The number of unbranched alkanes of at least 4 members (excludes halogenated alkanes) is 1. The van der Waals surface area contributed by atoms with Gasteiger partial charge in [-0.1, -0.05) is 44.0 Å². The Labute approximate surface area is 139 Å². The highest BCUT2D eigenvalue weighted by Gasteiger charge is 2.32. The van der Waals surface area contributed by atoms with Crippen molar-refractivity contribution in [3.05, 3.63) is 45.9 Å². The molecule has 2 aromatic carbocycles. The summed E-state index contributed by atoms with van der Waals surface area (Å²) in [6.45, 7) is 0.467. The van der Waals surface area contributed by atoms with Crippen molar-refractivity contribution >= 4 is 54.4 Å². The average molecular weight is 411 g/mol. The first-order valence-corrected chi connectivity index (χ1v) is 8.70. The Morgan fingerprint density at radius 1 is 0.952 bits per heavy atom. The van der Waals surface area contributed by atoms with Crippen LogP contribution in [0.5, 0.6) is 0 Å². The normalized spacial score (nSPS) is 14.1. The van der Waals surface area contributed by atoms with Gasteiger partial charge in [0.15, 0.2) is 0 Å². The third-order valence-corrected chi connectivity index (χ3v) is 4.96. The van der Waals surface area contributed by atoms with Gasteiger partial charge in [-0.05, 0) is 36.4 Å². The van der Waals surface area contributed by atoms with Crippen molar-refractivity contribution in [3.8, 4) is 0 Å². The summed E-state index contributed by atoms with van der Waals surface area (Å²) in [4.78, 5) is 26.6. The Bertz CT molecular complexity index is 720. The van der Waals surface area contributed by atoms with Crippen molar-refractivity contribution in [2.24, 2.45) is 0 Å². The van der Waals surface area contributed by atoms with E-state index in [1.54, 1.807) is 12.1 Å². The van der Waals surface area contributed by atoms with Gasteiger partial charge < -0.3 is 0 Å². The van der Waals surface area contributed by atoms with E-state index in [1.807, 2.05) is 18.2 Å². The lowest BCUT2D eigenvalue weighted by Gasteiger charge is -2.27. The molecule has 1 aliphatic heterocycles. The minimum Gasteiger partial charge on any atom is -0.274 e. The van der Waals surface area contributed by atoms with Crippen LogP contribution in [0.15, 0.2) is 34.8 Å². The largest absolute Gasteiger partial charge is 0.274 e. The molecule has 0 spiro atoms. The van der Waals surface area contributed by atoms with Crippen molar-refractivity contribution < 1.29 is 9.59 Å². The number of rotatable bonds is 4. The molecule has 0 saturated carbocycles. The van der Waals surface area contributed by atoms with E-state index in [-0.39, 0.29) is 11.8 Å². The van der Waals surface area contributed by atoms with Crippen LogP contribution in [0.3, 0.4) is 0 Å². The smallest absolute Gasteiger partial charge is 0.261 e. The first-order valence-electron chi connectivity index (χ1n) is 6.78. The van der Waals surface area contributed by atoms with E-state index in [0.29, 0.717) is 17.7 Å². The number of halogens is 2. The van der Waals surface area contributed by atoms with E-state index in [0.717, 1.165) is 33.4 Å². The monoisotopic (exact) mass is 409 g/mol. The van der Waals surface area contributed by atoms with Gasteiger partial charge in [0, 0.05) is 32.9 Å². The van der Waals surface area contributed by atoms with Gasteiger partial charge in [-0.25, -0.2) is 0 Å². The fourth-order valence-electron chi connectivity index (χ4n) is 2.68. The van der Waals surface area contributed by atoms with Crippen LogP contribution < -0.4 is 0 Å². The van der Waals surface area contributed by atoms with Gasteiger partial charge in [0.25, 0.3) is 11.8 Å². The molecule has 0 fully saturated rings. The number of amides is 2. The Morgan fingerprint density at radius 3 is 2.38 bits per heavy atom. The van der Waals surface area contributed by atoms with E-state index in [4.69, 9.17) is 0 Å². The second kappa shape index (κ2) is 5.89. The van der Waals surface area contributed by atoms with Crippen LogP contribution in [-0.4, -0.2) is 28.6 Å². The maximum absolute atomic E-state index is 12.6. The van der Waals surface area contributed by atoms with Crippen molar-refractivity contribution in [2.45, 2.75) is 12.8 Å². The zero-order valence-corrected chi connectivity index (χ0v) is 14.4. The van der Waals surface area contributed by atoms with E-state index in [2.05, 4.69) is 31.9 Å². The lowest BCUT2D eigenvalue weighted by Crippen LogP contribution is -2.40. The van der Waals surface area contributed by atoms with Gasteiger partial charge in [0.2, 0.25) is 0 Å². The fourth-order valence-corrected chi connectivity index (χ4v) is 3.54. The number of alkyl halides is 1. The molecule has 0 bridgehead atoms. The number of hydrogen-bond donors (Lipinski definition) is 0. The maximum Gasteiger partial charge on any atom is 0.261 e. The van der Waals surface area contributed by atoms with E-state index in [9.17, 15) is 9.59 Å². The highest BCUT2D eigenvalue weighted by Crippen LogP contribution is 2.34. The number of nitrogens with zero attached hydrogens (tertiary/aromatic N) is 1. The van der Waals surface area contributed by atoms with Crippen molar-refractivity contribution in [1.29, 1.82) is 0 Å². The number of imide groups is 1. The fraction of sp³-hybridized carbons (Fsp3) is 0.250. The predicted molar refractivity (Wildman–Crippen MR) is 90.0 cm³/mol. The van der Waals surface area contributed by atoms with Crippen LogP contribution in [0.1, 0.15) is 33.6 Å². The van der Waals surface area contributed by atoms with Crippen LogP contribution >= 0.6 is 31.9 Å². The van der Waals surface area contributed by atoms with Crippen molar-refractivity contribution in [3.63, 3.8) is 0 Å². The van der Waals surface area contributed by atoms with Gasteiger partial charge in [-0.15, -0.1) is 0 Å². The van der Waals surface area contributed by atoms with Crippen LogP contribution in [0.25, 0.3) is 10.8 Å². The summed E-state index contributed by atoms with van der Waals surface area (Å²) < 4.78 is 0.899. The molecule has 108 valence electrons. The standard InChI is InChI=1S/C16H13Br2NO2/c17-8-1-2-9-19-15(20)11-5-3-4-10-13(18)7-6-12(14(10)11)16(19)21/h3-7H,1-2,8-9H2. The third kappa shape index (κ3) is 2.42. The molecule has 1 heterocycles. The first-order chi connectivity index (χ1) is 10.1. The molecule has 0 radical (unpaired) electrons. The predicted octanol–water partition coefficient (Wildman–Crippen LogP) is 4.37. The van der Waals surface area contributed by atoms with Crippen LogP contribution in [-0.2, 0) is 0 Å². The molecule has 0 unspecified atom stereocenters. The molecule has 0 aliphatic carbocycles. The van der Waals surface area contributed by atoms with E-state index >= 15 is 0 Å². The molecular weight excluding hydrogens is 398 g/mol. The SMILES string of the molecule is O=C1c2cccc3c(Br)ccc(c23)C(=O)N1CCCCBr. The molecular formula is C16H13Br2NO2. The molecule has 0 atom stereocenters. The molecule has 3 rings (SSSR count). The molecule has 0 aromatic heterocycles. The number of benzene rings is 2. The van der Waals surface area contributed by atoms with Crippen LogP contribution in [0.4, 0.5) is 0 Å². The summed E-state index contributed by atoms with van der Waals surface area (Å²) in [7, 11) is 0. The second-order valence-corrected chi connectivity index (χ2v) is 6.63. The molecule has 0 N–H and O–H groups in total. The minimum atomic E-state index is -0.189. The molecule has 1 aliphatic rings. The highest BCUT2D eigenvalue weighted by atomic mass is 79.9. The first kappa shape index (κ1) is 14.7. The van der Waals surface area contributed by atoms with E-state index in [1.165, 1.54) is 4.90 Å². The quantitative estimate of drug-likeness (QED) is 0.426. The average Bonchev–Trinajstić information content (AvgIpc) is 2.49. The van der Waals surface area contributed by atoms with Crippen molar-refractivity contribution in [2.75, 3.05) is 11.9 Å². The van der Waals surface area contributed by atoms with Gasteiger partial charge in [-0.3, -0.25) is 14.5 Å². The number of carbonyl (C=O) groups is 2. The Kier molecular flexibility index (Phi) is 4.13. The lowest BCUT2D eigenvalue weighted by molar-refractivity contribution is 0.0609. The van der Waals surface area contributed by atoms with E-state index < -0.39 is 0 Å². The molecule has 5 heteroatoms. The Morgan fingerprint density at radius 2 is 1.67 bits per heavy atom. The third-order valence-electron chi connectivity index (χ3n) is 3.70. The van der Waals surface area contributed by atoms with Crippen molar-refractivity contribution in [1.82, 2.24) is 4.90 Å². The van der Waals surface area contributed by atoms with Crippen LogP contribution in [0, 0.1) is 0 Å². The zero-order chi connectivity index (χ0) is 15.0. The number of carbonyl (C=O) groups excluding carboxylic acids is 2. The summed E-state index contributed by atoms with van der Waals surface area (Å²) in [5, 5.41) is 2.55. The molecule has 2 amide bonds. The molecule has 0 saturated heterocycles. The molecule has 3 nitrogen and oxygen atoms in total. The highest BCUT2D eigenvalue weighted by molar-refractivity contribution is 9.10. The summed E-state index contributed by atoms with van der Waals surface area (Å²) in [5.74, 6) is -0.378. The maximum atomic E-state index is 12.6. The summed E-state index contributed by atoms with van der Waals surface area (Å²) in [6, 6.07) is 9.24. The Balaban J connectivity index is 2.11. The van der Waals surface area contributed by atoms with Crippen LogP contribution in [0.2, 0.25) is 0 Å². The number of hydrogen-bond acceptors (Lipinski definition) is 2. The Hall–Kier alpha value is -1.20. The topological polar surface area (TPSA) is 37.4 Å². The zero-order valence-electron chi connectivity index (χ0n) is 11.2. The molecule has 2 aromatic rings. The minimum absolute atomic E-state index is 0.189. The summed E-state index contributed by atoms with van der Waals surface area (Å²) >= 11 is 6.85. The lowest BCUT2D eigenvalue weighted by atomic mass is 9.94. The second-order valence-electron chi connectivity index (χ2n) is 4.98. The summed E-state index contributed by atoms with van der Waals surface area (Å²) in [6.07, 6.45) is 1.75.